The van der Waals surface area contributed by atoms with Crippen molar-refractivity contribution < 1.29 is 13.2 Å². The number of fused-ring (bicyclic) bond motifs is 1. The smallest absolute Gasteiger partial charge is 0.275 e. The highest BCUT2D eigenvalue weighted by molar-refractivity contribution is 7.90. The number of aromatic nitrogens is 2. The molecule has 1 fully saturated rings. The van der Waals surface area contributed by atoms with Gasteiger partial charge in [-0.3, -0.25) is 9.20 Å². The van der Waals surface area contributed by atoms with Crippen molar-refractivity contribution in [2.24, 2.45) is 0 Å². The Morgan fingerprint density at radius 2 is 2.23 bits per heavy atom. The molecule has 0 aromatic carbocycles. The molecule has 8 heteroatoms. The normalized spacial score (nSPS) is 14.7. The monoisotopic (exact) mass is 318 g/mol. The first-order valence-corrected chi connectivity index (χ1v) is 8.67. The largest absolute Gasteiger partial charge is 0.321 e. The predicted octanol–water partition coefficient (Wildman–Crippen LogP) is 0.866. The molecule has 0 saturated heterocycles. The van der Waals surface area contributed by atoms with Gasteiger partial charge in [-0.2, -0.15) is 5.26 Å². The quantitative estimate of drug-likeness (QED) is 0.779. The molecule has 1 amide bonds. The molecule has 0 aliphatic heterocycles. The number of imidazole rings is 1. The van der Waals surface area contributed by atoms with Gasteiger partial charge in [0.05, 0.1) is 11.6 Å². The van der Waals surface area contributed by atoms with E-state index in [1.807, 2.05) is 6.07 Å². The summed E-state index contributed by atoms with van der Waals surface area (Å²) in [5.41, 5.74) is 0.500. The first-order chi connectivity index (χ1) is 10.4. The number of nitriles is 1. The average Bonchev–Trinajstić information content (AvgIpc) is 3.22. The molecule has 3 rings (SSSR count). The van der Waals surface area contributed by atoms with Crippen molar-refractivity contribution in [2.45, 2.75) is 24.0 Å². The second kappa shape index (κ2) is 5.10. The van der Waals surface area contributed by atoms with Gasteiger partial charge < -0.3 is 4.90 Å². The van der Waals surface area contributed by atoms with Crippen molar-refractivity contribution >= 4 is 21.3 Å². The molecule has 2 aromatic rings. The standard InChI is InChI=1S/C14H14N4O3S/c1-22(20,21)14-16-12(11-4-2-3-8-18(11)14)13(19)17(9-7-15)10-5-6-10/h2-4,8,10H,5-6,9H2,1H3. The Balaban J connectivity index is 2.15. The van der Waals surface area contributed by atoms with Gasteiger partial charge in [-0.25, -0.2) is 13.4 Å². The zero-order valence-electron chi connectivity index (χ0n) is 11.9. The number of sulfone groups is 1. The molecule has 0 radical (unpaired) electrons. The van der Waals surface area contributed by atoms with Gasteiger partial charge in [-0.1, -0.05) is 6.07 Å². The highest BCUT2D eigenvalue weighted by Crippen LogP contribution is 2.29. The van der Waals surface area contributed by atoms with E-state index in [9.17, 15) is 13.2 Å². The van der Waals surface area contributed by atoms with Gasteiger partial charge in [0.25, 0.3) is 5.91 Å². The maximum atomic E-state index is 12.7. The lowest BCUT2D eigenvalue weighted by molar-refractivity contribution is 0.0761. The van der Waals surface area contributed by atoms with Crippen molar-refractivity contribution in [1.82, 2.24) is 14.3 Å². The SMILES string of the molecule is CS(=O)(=O)c1nc(C(=O)N(CC#N)C2CC2)c2ccccn12. The fraction of sp³-hybridized carbons (Fsp3) is 0.357. The Hall–Kier alpha value is -2.40. The van der Waals surface area contributed by atoms with Crippen LogP contribution in [0, 0.1) is 11.3 Å². The van der Waals surface area contributed by atoms with Crippen LogP contribution in [-0.4, -0.2) is 47.5 Å². The van der Waals surface area contributed by atoms with E-state index in [2.05, 4.69) is 4.98 Å². The summed E-state index contributed by atoms with van der Waals surface area (Å²) in [4.78, 5) is 18.2. The maximum absolute atomic E-state index is 12.7. The highest BCUT2D eigenvalue weighted by Gasteiger charge is 2.35. The number of hydrogen-bond donors (Lipinski definition) is 0. The van der Waals surface area contributed by atoms with E-state index in [1.165, 1.54) is 9.30 Å². The minimum Gasteiger partial charge on any atom is -0.321 e. The topological polar surface area (TPSA) is 95.5 Å². The van der Waals surface area contributed by atoms with Gasteiger partial charge in [0, 0.05) is 18.5 Å². The summed E-state index contributed by atoms with van der Waals surface area (Å²) in [6.07, 6.45) is 4.33. The van der Waals surface area contributed by atoms with E-state index in [1.54, 1.807) is 24.4 Å². The van der Waals surface area contributed by atoms with E-state index < -0.39 is 15.7 Å². The molecular weight excluding hydrogens is 304 g/mol. The van der Waals surface area contributed by atoms with Crippen LogP contribution >= 0.6 is 0 Å². The molecule has 0 atom stereocenters. The van der Waals surface area contributed by atoms with Crippen LogP contribution in [0.4, 0.5) is 0 Å². The number of hydrogen-bond acceptors (Lipinski definition) is 5. The maximum Gasteiger partial charge on any atom is 0.275 e. The second-order valence-electron chi connectivity index (χ2n) is 5.29. The number of carbonyl (C=O) groups is 1. The van der Waals surface area contributed by atoms with Crippen LogP contribution < -0.4 is 0 Å². The Morgan fingerprint density at radius 1 is 1.50 bits per heavy atom. The molecule has 0 spiro atoms. The molecule has 114 valence electrons. The second-order valence-corrected chi connectivity index (χ2v) is 7.20. The van der Waals surface area contributed by atoms with Crippen molar-refractivity contribution in [1.29, 1.82) is 5.26 Å². The van der Waals surface area contributed by atoms with E-state index >= 15 is 0 Å². The average molecular weight is 318 g/mol. The van der Waals surface area contributed by atoms with Crippen LogP contribution in [0.25, 0.3) is 5.52 Å². The number of pyridine rings is 1. The Morgan fingerprint density at radius 3 is 2.82 bits per heavy atom. The zero-order chi connectivity index (χ0) is 15.9. The fourth-order valence-corrected chi connectivity index (χ4v) is 3.17. The molecule has 0 N–H and O–H groups in total. The van der Waals surface area contributed by atoms with Crippen LogP contribution in [0.15, 0.2) is 29.6 Å². The van der Waals surface area contributed by atoms with E-state index in [0.29, 0.717) is 5.52 Å². The van der Waals surface area contributed by atoms with Crippen LogP contribution in [0.3, 0.4) is 0 Å². The van der Waals surface area contributed by atoms with Crippen molar-refractivity contribution in [2.75, 3.05) is 12.8 Å². The number of nitrogens with zero attached hydrogens (tertiary/aromatic N) is 4. The van der Waals surface area contributed by atoms with Crippen LogP contribution in [0.2, 0.25) is 0 Å². The van der Waals surface area contributed by atoms with Crippen molar-refractivity contribution in [3.05, 3.63) is 30.1 Å². The van der Waals surface area contributed by atoms with E-state index in [4.69, 9.17) is 5.26 Å². The van der Waals surface area contributed by atoms with Gasteiger partial charge in [0.1, 0.15) is 6.54 Å². The molecule has 0 unspecified atom stereocenters. The summed E-state index contributed by atoms with van der Waals surface area (Å²) in [5.74, 6) is -0.400. The molecule has 1 aliphatic carbocycles. The lowest BCUT2D eigenvalue weighted by atomic mass is 10.3. The third-order valence-corrected chi connectivity index (χ3v) is 4.49. The molecule has 2 aromatic heterocycles. The molecule has 1 aliphatic rings. The summed E-state index contributed by atoms with van der Waals surface area (Å²) in [6.45, 7) is -0.0242. The first kappa shape index (κ1) is 14.5. The lowest BCUT2D eigenvalue weighted by Crippen LogP contribution is -2.33. The molecule has 2 heterocycles. The summed E-state index contributed by atoms with van der Waals surface area (Å²) in [7, 11) is -3.57. The van der Waals surface area contributed by atoms with Crippen LogP contribution in [0.1, 0.15) is 23.3 Å². The predicted molar refractivity (Wildman–Crippen MR) is 78.0 cm³/mol. The van der Waals surface area contributed by atoms with Gasteiger partial charge in [0.15, 0.2) is 5.69 Å². The highest BCUT2D eigenvalue weighted by atomic mass is 32.2. The summed E-state index contributed by atoms with van der Waals surface area (Å²) < 4.78 is 25.1. The van der Waals surface area contributed by atoms with Gasteiger partial charge >= 0.3 is 0 Å². The summed E-state index contributed by atoms with van der Waals surface area (Å²) in [5, 5.41) is 8.72. The molecule has 1 saturated carbocycles. The van der Waals surface area contributed by atoms with Gasteiger partial charge in [0.2, 0.25) is 15.0 Å². The van der Waals surface area contributed by atoms with Gasteiger partial charge in [-0.15, -0.1) is 0 Å². The Labute approximate surface area is 127 Å². The Bertz CT molecular complexity index is 890. The Kier molecular flexibility index (Phi) is 3.37. The van der Waals surface area contributed by atoms with E-state index in [0.717, 1.165) is 19.1 Å². The first-order valence-electron chi connectivity index (χ1n) is 6.78. The molecular formula is C14H14N4O3S. The van der Waals surface area contributed by atoms with Crippen LogP contribution in [-0.2, 0) is 9.84 Å². The van der Waals surface area contributed by atoms with E-state index in [-0.39, 0.29) is 23.4 Å². The lowest BCUT2D eigenvalue weighted by Gasteiger charge is -2.17. The van der Waals surface area contributed by atoms with Crippen molar-refractivity contribution in [3.63, 3.8) is 0 Å². The molecule has 22 heavy (non-hydrogen) atoms. The molecule has 7 nitrogen and oxygen atoms in total. The number of rotatable bonds is 4. The van der Waals surface area contributed by atoms with Crippen LogP contribution in [0.5, 0.6) is 0 Å². The zero-order valence-corrected chi connectivity index (χ0v) is 12.7. The third kappa shape index (κ3) is 2.44. The fourth-order valence-electron chi connectivity index (χ4n) is 2.39. The minimum absolute atomic E-state index is 0.0242. The third-order valence-electron chi connectivity index (χ3n) is 3.54. The molecule has 0 bridgehead atoms. The number of carbonyl (C=O) groups excluding carboxylic acids is 1. The summed E-state index contributed by atoms with van der Waals surface area (Å²) >= 11 is 0. The van der Waals surface area contributed by atoms with Crippen molar-refractivity contribution in [3.8, 4) is 6.07 Å². The minimum atomic E-state index is -3.57. The summed E-state index contributed by atoms with van der Waals surface area (Å²) in [6, 6.07) is 7.06. The van der Waals surface area contributed by atoms with Gasteiger partial charge in [-0.05, 0) is 25.0 Å². The number of amides is 1.